The topological polar surface area (TPSA) is 81.9 Å². The summed E-state index contributed by atoms with van der Waals surface area (Å²) in [6, 6.07) is 8.69. The highest BCUT2D eigenvalue weighted by Crippen LogP contribution is 2.38. The van der Waals surface area contributed by atoms with E-state index in [0.717, 1.165) is 23.4 Å². The number of nitrogens with zero attached hydrogens (tertiary/aromatic N) is 4. The van der Waals surface area contributed by atoms with Crippen LogP contribution < -0.4 is 10.1 Å². The second kappa shape index (κ2) is 8.92. The van der Waals surface area contributed by atoms with Crippen molar-refractivity contribution < 1.29 is 22.7 Å². The van der Waals surface area contributed by atoms with Gasteiger partial charge in [-0.05, 0) is 47.2 Å². The van der Waals surface area contributed by atoms with E-state index in [9.17, 15) is 18.0 Å². The lowest BCUT2D eigenvalue weighted by Gasteiger charge is -2.15. The Labute approximate surface area is 178 Å². The molecule has 3 aromatic rings. The number of rotatable bonds is 6. The molecule has 1 N–H and O–H groups in total. The van der Waals surface area contributed by atoms with Crippen LogP contribution in [0.5, 0.6) is 5.75 Å². The van der Waals surface area contributed by atoms with Gasteiger partial charge in [0.05, 0.1) is 29.1 Å². The van der Waals surface area contributed by atoms with E-state index < -0.39 is 23.3 Å². The zero-order valence-electron chi connectivity index (χ0n) is 15.7. The molecule has 0 aliphatic rings. The molecule has 0 fully saturated rings. The van der Waals surface area contributed by atoms with Crippen molar-refractivity contribution in [3.8, 4) is 11.4 Å². The number of hydrogen-bond acceptors (Lipinski definition) is 6. The van der Waals surface area contributed by atoms with Crippen molar-refractivity contribution in [2.45, 2.75) is 18.3 Å². The summed E-state index contributed by atoms with van der Waals surface area (Å²) in [6.45, 7) is 1.88. The quantitative estimate of drug-likeness (QED) is 0.553. The van der Waals surface area contributed by atoms with Crippen molar-refractivity contribution in [2.24, 2.45) is 0 Å². The number of halogens is 4. The first-order valence-corrected chi connectivity index (χ1v) is 9.79. The number of methoxy groups -OCH3 is 1. The highest BCUT2D eigenvalue weighted by atomic mass is 35.5. The first-order chi connectivity index (χ1) is 14.2. The number of hydrogen-bond donors (Lipinski definition) is 1. The molecule has 0 unspecified atom stereocenters. The van der Waals surface area contributed by atoms with Gasteiger partial charge in [0.25, 0.3) is 0 Å². The highest BCUT2D eigenvalue weighted by molar-refractivity contribution is 7.99. The van der Waals surface area contributed by atoms with E-state index >= 15 is 0 Å². The molecule has 0 bridgehead atoms. The average Bonchev–Trinajstić information content (AvgIpc) is 3.15. The maximum Gasteiger partial charge on any atom is 0.418 e. The van der Waals surface area contributed by atoms with Gasteiger partial charge in [0.2, 0.25) is 11.1 Å². The molecule has 158 valence electrons. The van der Waals surface area contributed by atoms with Crippen molar-refractivity contribution >= 4 is 35.0 Å². The van der Waals surface area contributed by atoms with Gasteiger partial charge >= 0.3 is 6.18 Å². The summed E-state index contributed by atoms with van der Waals surface area (Å²) in [5, 5.41) is 13.7. The Morgan fingerprint density at radius 3 is 2.77 bits per heavy atom. The lowest BCUT2D eigenvalue weighted by atomic mass is 10.1. The normalized spacial score (nSPS) is 11.4. The van der Waals surface area contributed by atoms with Crippen LogP contribution in [0, 0.1) is 6.92 Å². The van der Waals surface area contributed by atoms with E-state index in [2.05, 4.69) is 20.8 Å². The first kappa shape index (κ1) is 21.9. The van der Waals surface area contributed by atoms with Crippen LogP contribution in [0.1, 0.15) is 11.1 Å². The molecule has 30 heavy (non-hydrogen) atoms. The number of alkyl halides is 3. The Bertz CT molecular complexity index is 1070. The van der Waals surface area contributed by atoms with E-state index in [4.69, 9.17) is 16.3 Å². The number of benzene rings is 2. The molecule has 0 aliphatic carbocycles. The van der Waals surface area contributed by atoms with Crippen molar-refractivity contribution in [1.82, 2.24) is 20.2 Å². The molecule has 3 rings (SSSR count). The summed E-state index contributed by atoms with van der Waals surface area (Å²) in [4.78, 5) is 12.3. The highest BCUT2D eigenvalue weighted by Gasteiger charge is 2.34. The van der Waals surface area contributed by atoms with Crippen molar-refractivity contribution in [2.75, 3.05) is 18.2 Å². The molecule has 0 radical (unpaired) electrons. The number of carbonyl (C=O) groups excluding carboxylic acids is 1. The fourth-order valence-corrected chi connectivity index (χ4v) is 3.48. The number of thioether (sulfide) groups is 1. The zero-order chi connectivity index (χ0) is 21.9. The van der Waals surface area contributed by atoms with E-state index in [0.29, 0.717) is 11.4 Å². The van der Waals surface area contributed by atoms with Crippen LogP contribution in [0.2, 0.25) is 5.02 Å². The van der Waals surface area contributed by atoms with Gasteiger partial charge in [0.1, 0.15) is 11.4 Å². The Morgan fingerprint density at radius 1 is 1.30 bits per heavy atom. The van der Waals surface area contributed by atoms with Gasteiger partial charge < -0.3 is 10.1 Å². The van der Waals surface area contributed by atoms with Gasteiger partial charge in [-0.15, -0.1) is 5.10 Å². The number of amides is 1. The van der Waals surface area contributed by atoms with Gasteiger partial charge in [0.15, 0.2) is 0 Å². The van der Waals surface area contributed by atoms with Gasteiger partial charge in [-0.1, -0.05) is 35.5 Å². The second-order valence-electron chi connectivity index (χ2n) is 6.05. The Morgan fingerprint density at radius 2 is 2.07 bits per heavy atom. The summed E-state index contributed by atoms with van der Waals surface area (Å²) < 4.78 is 46.2. The minimum atomic E-state index is -4.66. The first-order valence-electron chi connectivity index (χ1n) is 8.42. The van der Waals surface area contributed by atoms with Crippen LogP contribution in [0.15, 0.2) is 41.6 Å². The number of carbonyl (C=O) groups is 1. The van der Waals surface area contributed by atoms with Crippen molar-refractivity contribution in [1.29, 1.82) is 0 Å². The molecule has 0 aliphatic heterocycles. The summed E-state index contributed by atoms with van der Waals surface area (Å²) in [6.07, 6.45) is -4.66. The second-order valence-corrected chi connectivity index (χ2v) is 7.40. The largest absolute Gasteiger partial charge is 0.494 e. The van der Waals surface area contributed by atoms with Crippen LogP contribution in [0.3, 0.4) is 0 Å². The molecule has 2 aromatic carbocycles. The van der Waals surface area contributed by atoms with E-state index in [1.807, 2.05) is 13.0 Å². The molecular formula is C18H15ClF3N5O2S. The lowest BCUT2D eigenvalue weighted by Crippen LogP contribution is -2.19. The third-order valence-corrected chi connectivity index (χ3v) is 5.15. The van der Waals surface area contributed by atoms with Gasteiger partial charge in [-0.3, -0.25) is 4.79 Å². The summed E-state index contributed by atoms with van der Waals surface area (Å²) in [5.74, 6) is -0.411. The molecule has 0 saturated carbocycles. The van der Waals surface area contributed by atoms with Crippen molar-refractivity contribution in [3.05, 3.63) is 52.5 Å². The van der Waals surface area contributed by atoms with Gasteiger partial charge in [0, 0.05) is 0 Å². The Kier molecular flexibility index (Phi) is 6.52. The third-order valence-electron chi connectivity index (χ3n) is 3.92. The maximum atomic E-state index is 13.2. The minimum Gasteiger partial charge on any atom is -0.494 e. The third kappa shape index (κ3) is 4.85. The Balaban J connectivity index is 1.77. The smallest absolute Gasteiger partial charge is 0.418 e. The lowest BCUT2D eigenvalue weighted by molar-refractivity contribution is -0.137. The molecule has 1 heterocycles. The molecule has 7 nitrogen and oxygen atoms in total. The summed E-state index contributed by atoms with van der Waals surface area (Å²) in [7, 11) is 1.50. The number of tetrazole rings is 1. The molecule has 0 atom stereocenters. The number of nitrogens with one attached hydrogen (secondary N) is 1. The monoisotopic (exact) mass is 457 g/mol. The number of aryl methyl sites for hydroxylation is 1. The van der Waals surface area contributed by atoms with Crippen LogP contribution in [-0.2, 0) is 11.0 Å². The van der Waals surface area contributed by atoms with E-state index in [1.54, 1.807) is 12.1 Å². The zero-order valence-corrected chi connectivity index (χ0v) is 17.3. The summed E-state index contributed by atoms with van der Waals surface area (Å²) >= 11 is 6.82. The number of anilines is 1. The van der Waals surface area contributed by atoms with E-state index in [1.165, 1.54) is 23.9 Å². The van der Waals surface area contributed by atoms with Crippen LogP contribution in [0.4, 0.5) is 18.9 Å². The SMILES string of the molecule is COc1ccc(C)cc1-n1nnnc1SCC(=O)Nc1c(Cl)cccc1C(F)(F)F. The predicted molar refractivity (Wildman–Crippen MR) is 106 cm³/mol. The van der Waals surface area contributed by atoms with Crippen LogP contribution in [-0.4, -0.2) is 39.0 Å². The van der Waals surface area contributed by atoms with Gasteiger partial charge in [-0.25, -0.2) is 0 Å². The molecular weight excluding hydrogens is 443 g/mol. The molecule has 1 amide bonds. The average molecular weight is 458 g/mol. The van der Waals surface area contributed by atoms with Crippen molar-refractivity contribution in [3.63, 3.8) is 0 Å². The standard InChI is InChI=1S/C18H15ClF3N5O2S/c1-10-6-7-14(29-2)13(8-10)27-17(24-25-26-27)30-9-15(28)23-16-11(18(20,21)22)4-3-5-12(16)19/h3-8H,9H2,1-2H3,(H,23,28). The molecule has 12 heteroatoms. The predicted octanol–water partition coefficient (Wildman–Crippen LogP) is 4.38. The molecule has 0 spiro atoms. The minimum absolute atomic E-state index is 0.211. The maximum absolute atomic E-state index is 13.2. The Hall–Kier alpha value is -2.79. The number of aromatic nitrogens is 4. The molecule has 1 aromatic heterocycles. The number of para-hydroxylation sites is 1. The fraction of sp³-hybridized carbons (Fsp3) is 0.222. The van der Waals surface area contributed by atoms with E-state index in [-0.39, 0.29) is 15.9 Å². The summed E-state index contributed by atoms with van der Waals surface area (Å²) in [5.41, 5.74) is -0.0100. The number of ether oxygens (including phenoxy) is 1. The molecule has 0 saturated heterocycles. The van der Waals surface area contributed by atoms with Crippen LogP contribution in [0.25, 0.3) is 5.69 Å². The van der Waals surface area contributed by atoms with Crippen LogP contribution >= 0.6 is 23.4 Å². The fourth-order valence-electron chi connectivity index (χ4n) is 2.58. The van der Waals surface area contributed by atoms with Gasteiger partial charge in [-0.2, -0.15) is 17.9 Å².